The minimum Gasteiger partial charge on any atom is -0.356 e. The summed E-state index contributed by atoms with van der Waals surface area (Å²) in [5.41, 5.74) is 0.0758. The Morgan fingerprint density at radius 3 is 2.75 bits per heavy atom. The van der Waals surface area contributed by atoms with Gasteiger partial charge in [0.15, 0.2) is 11.6 Å². The fraction of sp³-hybridized carbons (Fsp3) is 0.533. The van der Waals surface area contributed by atoms with Crippen LogP contribution in [0.4, 0.5) is 8.78 Å². The molecule has 112 valence electrons. The van der Waals surface area contributed by atoms with E-state index in [-0.39, 0.29) is 17.9 Å². The summed E-state index contributed by atoms with van der Waals surface area (Å²) in [4.78, 5) is 11.8. The third-order valence-corrected chi connectivity index (χ3v) is 3.40. The number of rotatable bonds is 8. The molecule has 1 amide bonds. The molecule has 0 bridgehead atoms. The van der Waals surface area contributed by atoms with Crippen LogP contribution < -0.4 is 5.32 Å². The molecule has 1 atom stereocenters. The molecule has 0 radical (unpaired) electrons. The number of hydrogen-bond donors (Lipinski definition) is 1. The summed E-state index contributed by atoms with van der Waals surface area (Å²) in [6, 6.07) is 3.85. The van der Waals surface area contributed by atoms with E-state index in [0.717, 1.165) is 25.3 Å². The lowest BCUT2D eigenvalue weighted by molar-refractivity contribution is -0.120. The van der Waals surface area contributed by atoms with Gasteiger partial charge in [-0.2, -0.15) is 0 Å². The minimum atomic E-state index is -0.950. The number of benzene rings is 1. The smallest absolute Gasteiger partial charge is 0.224 e. The molecular weight excluding hydrogens is 284 g/mol. The molecular formula is C15H20ClF2NO. The molecule has 5 heteroatoms. The van der Waals surface area contributed by atoms with E-state index in [4.69, 9.17) is 11.6 Å². The Morgan fingerprint density at radius 2 is 2.10 bits per heavy atom. The highest BCUT2D eigenvalue weighted by Gasteiger charge is 2.13. The molecule has 0 aliphatic rings. The van der Waals surface area contributed by atoms with Crippen LogP contribution in [0.15, 0.2) is 18.2 Å². The van der Waals surface area contributed by atoms with Gasteiger partial charge in [-0.3, -0.25) is 4.79 Å². The molecule has 0 spiro atoms. The van der Waals surface area contributed by atoms with Gasteiger partial charge in [0.2, 0.25) is 5.91 Å². The summed E-state index contributed by atoms with van der Waals surface area (Å²) in [6.07, 6.45) is 2.70. The maximum absolute atomic E-state index is 13.4. The van der Waals surface area contributed by atoms with E-state index in [1.807, 2.05) is 0 Å². The fourth-order valence-corrected chi connectivity index (χ4v) is 2.40. The standard InChI is InChI=1S/C15H20ClF2NO/c1-2-4-11(7-8-16)10-19-14(20)9-12-5-3-6-13(17)15(12)18/h3,5-6,11H,2,4,7-10H2,1H3,(H,19,20). The van der Waals surface area contributed by atoms with E-state index in [1.165, 1.54) is 12.1 Å². The third-order valence-electron chi connectivity index (χ3n) is 3.18. The van der Waals surface area contributed by atoms with Crippen molar-refractivity contribution in [1.82, 2.24) is 5.32 Å². The summed E-state index contributed by atoms with van der Waals surface area (Å²) in [5.74, 6) is -1.29. The van der Waals surface area contributed by atoms with E-state index in [1.54, 1.807) is 0 Å². The first-order chi connectivity index (χ1) is 9.58. The van der Waals surface area contributed by atoms with Crippen molar-refractivity contribution in [2.24, 2.45) is 5.92 Å². The molecule has 0 saturated carbocycles. The average molecular weight is 304 g/mol. The number of alkyl halides is 1. The van der Waals surface area contributed by atoms with Gasteiger partial charge >= 0.3 is 0 Å². The van der Waals surface area contributed by atoms with E-state index in [2.05, 4.69) is 12.2 Å². The molecule has 0 heterocycles. The molecule has 0 fully saturated rings. The van der Waals surface area contributed by atoms with Crippen molar-refractivity contribution < 1.29 is 13.6 Å². The predicted molar refractivity (Wildman–Crippen MR) is 76.8 cm³/mol. The molecule has 1 N–H and O–H groups in total. The van der Waals surface area contributed by atoms with Crippen molar-refractivity contribution in [3.63, 3.8) is 0 Å². The first kappa shape index (κ1) is 16.9. The zero-order valence-corrected chi connectivity index (χ0v) is 12.4. The molecule has 1 unspecified atom stereocenters. The normalized spacial score (nSPS) is 12.2. The van der Waals surface area contributed by atoms with Crippen molar-refractivity contribution in [2.75, 3.05) is 12.4 Å². The summed E-state index contributed by atoms with van der Waals surface area (Å²) < 4.78 is 26.5. The lowest BCUT2D eigenvalue weighted by Crippen LogP contribution is -2.31. The van der Waals surface area contributed by atoms with E-state index >= 15 is 0 Å². The van der Waals surface area contributed by atoms with Crippen molar-refractivity contribution in [3.8, 4) is 0 Å². The Morgan fingerprint density at radius 1 is 1.35 bits per heavy atom. The first-order valence-corrected chi connectivity index (χ1v) is 7.37. The number of halogens is 3. The second-order valence-electron chi connectivity index (χ2n) is 4.83. The molecule has 0 aliphatic carbocycles. The average Bonchev–Trinajstić information content (AvgIpc) is 2.42. The number of carbonyl (C=O) groups excluding carboxylic acids is 1. The van der Waals surface area contributed by atoms with Gasteiger partial charge in [-0.1, -0.05) is 25.5 Å². The van der Waals surface area contributed by atoms with Crippen LogP contribution in [0, 0.1) is 17.6 Å². The maximum atomic E-state index is 13.4. The Hall–Kier alpha value is -1.16. The highest BCUT2D eigenvalue weighted by Crippen LogP contribution is 2.13. The first-order valence-electron chi connectivity index (χ1n) is 6.84. The Bertz CT molecular complexity index is 434. The largest absolute Gasteiger partial charge is 0.356 e. The van der Waals surface area contributed by atoms with Gasteiger partial charge in [-0.05, 0) is 24.8 Å². The highest BCUT2D eigenvalue weighted by molar-refractivity contribution is 6.17. The number of amides is 1. The van der Waals surface area contributed by atoms with Crippen LogP contribution in [-0.4, -0.2) is 18.3 Å². The lowest BCUT2D eigenvalue weighted by Gasteiger charge is -2.15. The van der Waals surface area contributed by atoms with Crippen LogP contribution in [0.1, 0.15) is 31.7 Å². The van der Waals surface area contributed by atoms with Crippen molar-refractivity contribution >= 4 is 17.5 Å². The zero-order chi connectivity index (χ0) is 15.0. The molecule has 20 heavy (non-hydrogen) atoms. The SMILES string of the molecule is CCCC(CCCl)CNC(=O)Cc1cccc(F)c1F. The van der Waals surface area contributed by atoms with Gasteiger partial charge in [-0.15, -0.1) is 11.6 Å². The van der Waals surface area contributed by atoms with Gasteiger partial charge in [0.05, 0.1) is 6.42 Å². The van der Waals surface area contributed by atoms with Crippen LogP contribution in [0.25, 0.3) is 0 Å². The van der Waals surface area contributed by atoms with Crippen molar-refractivity contribution in [1.29, 1.82) is 0 Å². The monoisotopic (exact) mass is 303 g/mol. The summed E-state index contributed by atoms with van der Waals surface area (Å²) in [7, 11) is 0. The van der Waals surface area contributed by atoms with Crippen molar-refractivity contribution in [3.05, 3.63) is 35.4 Å². The molecule has 2 nitrogen and oxygen atoms in total. The third kappa shape index (κ3) is 5.45. The van der Waals surface area contributed by atoms with E-state index in [0.29, 0.717) is 18.3 Å². The Labute approximate surface area is 123 Å². The number of nitrogens with one attached hydrogen (secondary N) is 1. The van der Waals surface area contributed by atoms with Gasteiger partial charge in [-0.25, -0.2) is 8.78 Å². The molecule has 0 saturated heterocycles. The summed E-state index contributed by atoms with van der Waals surface area (Å²) in [5, 5.41) is 2.76. The maximum Gasteiger partial charge on any atom is 0.224 e. The molecule has 0 aliphatic heterocycles. The van der Waals surface area contributed by atoms with Crippen LogP contribution in [0.5, 0.6) is 0 Å². The quantitative estimate of drug-likeness (QED) is 0.730. The van der Waals surface area contributed by atoms with Crippen LogP contribution >= 0.6 is 11.6 Å². The lowest BCUT2D eigenvalue weighted by atomic mass is 10.0. The Kier molecular flexibility index (Phi) is 7.52. The molecule has 1 aromatic rings. The second kappa shape index (κ2) is 8.90. The van der Waals surface area contributed by atoms with Crippen LogP contribution in [0.3, 0.4) is 0 Å². The van der Waals surface area contributed by atoms with E-state index in [9.17, 15) is 13.6 Å². The fourth-order valence-electron chi connectivity index (χ4n) is 2.09. The second-order valence-corrected chi connectivity index (χ2v) is 5.20. The van der Waals surface area contributed by atoms with Gasteiger partial charge in [0, 0.05) is 18.0 Å². The van der Waals surface area contributed by atoms with Gasteiger partial charge in [0.25, 0.3) is 0 Å². The number of hydrogen-bond acceptors (Lipinski definition) is 1. The zero-order valence-electron chi connectivity index (χ0n) is 11.6. The predicted octanol–water partition coefficient (Wildman–Crippen LogP) is 3.67. The van der Waals surface area contributed by atoms with Crippen molar-refractivity contribution in [2.45, 2.75) is 32.6 Å². The topological polar surface area (TPSA) is 29.1 Å². The molecule has 0 aromatic heterocycles. The summed E-state index contributed by atoms with van der Waals surface area (Å²) in [6.45, 7) is 2.60. The minimum absolute atomic E-state index is 0.0758. The highest BCUT2D eigenvalue weighted by atomic mass is 35.5. The summed E-state index contributed by atoms with van der Waals surface area (Å²) >= 11 is 5.71. The van der Waals surface area contributed by atoms with Gasteiger partial charge in [0.1, 0.15) is 0 Å². The molecule has 1 aromatic carbocycles. The number of carbonyl (C=O) groups is 1. The Balaban J connectivity index is 2.48. The van der Waals surface area contributed by atoms with Crippen LogP contribution in [-0.2, 0) is 11.2 Å². The van der Waals surface area contributed by atoms with Gasteiger partial charge < -0.3 is 5.32 Å². The van der Waals surface area contributed by atoms with E-state index < -0.39 is 11.6 Å². The van der Waals surface area contributed by atoms with Crippen LogP contribution in [0.2, 0.25) is 0 Å². The molecule has 1 rings (SSSR count).